The maximum atomic E-state index is 14.3. The molecule has 2 aromatic carbocycles. The zero-order valence-electron chi connectivity index (χ0n) is 29.5. The fraction of sp³-hybridized carbons (Fsp3) is 0.459. The lowest BCUT2D eigenvalue weighted by Gasteiger charge is -2.35. The number of carbonyl (C=O) groups excluding carboxylic acids is 2. The van der Waals surface area contributed by atoms with Gasteiger partial charge in [-0.25, -0.2) is 13.2 Å². The monoisotopic (exact) mass is 706 g/mol. The zero-order chi connectivity index (χ0) is 36.4. The lowest BCUT2D eigenvalue weighted by molar-refractivity contribution is -0.128. The van der Waals surface area contributed by atoms with Crippen LogP contribution in [0, 0.1) is 18.8 Å². The molecule has 270 valence electrons. The van der Waals surface area contributed by atoms with Crippen molar-refractivity contribution < 1.29 is 28.3 Å². The van der Waals surface area contributed by atoms with Crippen molar-refractivity contribution in [1.82, 2.24) is 24.4 Å². The summed E-state index contributed by atoms with van der Waals surface area (Å²) in [6, 6.07) is 19.1. The van der Waals surface area contributed by atoms with E-state index in [0.29, 0.717) is 31.6 Å². The Balaban J connectivity index is 1.59. The van der Waals surface area contributed by atoms with Gasteiger partial charge in [0.2, 0.25) is 15.9 Å². The van der Waals surface area contributed by atoms with E-state index in [1.807, 2.05) is 83.1 Å². The van der Waals surface area contributed by atoms with Crippen molar-refractivity contribution in [2.75, 3.05) is 26.2 Å². The summed E-state index contributed by atoms with van der Waals surface area (Å²) in [4.78, 5) is 35.8. The average Bonchev–Trinajstić information content (AvgIpc) is 3.43. The lowest BCUT2D eigenvalue weighted by Crippen LogP contribution is -2.57. The Kier molecular flexibility index (Phi) is 13.5. The van der Waals surface area contributed by atoms with Gasteiger partial charge in [0.05, 0.1) is 35.5 Å². The molecule has 0 saturated carbocycles. The number of amides is 3. The van der Waals surface area contributed by atoms with Gasteiger partial charge in [-0.2, -0.15) is 4.31 Å². The second kappa shape index (κ2) is 17.6. The van der Waals surface area contributed by atoms with E-state index in [0.717, 1.165) is 17.0 Å². The Labute approximate surface area is 295 Å². The van der Waals surface area contributed by atoms with Crippen LogP contribution in [-0.4, -0.2) is 100 Å². The third-order valence-electron chi connectivity index (χ3n) is 8.99. The number of rotatable bonds is 17. The fourth-order valence-electron chi connectivity index (χ4n) is 6.19. The highest BCUT2D eigenvalue weighted by atomic mass is 32.2. The Morgan fingerprint density at radius 2 is 1.72 bits per heavy atom. The molecule has 1 aliphatic rings. The average molecular weight is 707 g/mol. The minimum Gasteiger partial charge on any atom is -0.411 e. The minimum absolute atomic E-state index is 0.0267. The van der Waals surface area contributed by atoms with Gasteiger partial charge in [-0.1, -0.05) is 87.8 Å². The third-order valence-corrected chi connectivity index (χ3v) is 10.8. The largest absolute Gasteiger partial charge is 0.411 e. The molecule has 3 aromatic rings. The highest BCUT2D eigenvalue weighted by Gasteiger charge is 2.41. The maximum absolute atomic E-state index is 14.3. The topological polar surface area (TPSA) is 156 Å². The molecule has 0 unspecified atom stereocenters. The first-order valence-electron chi connectivity index (χ1n) is 17.1. The number of nitrogens with zero attached hydrogens (tertiary/aromatic N) is 5. The fourth-order valence-corrected chi connectivity index (χ4v) is 7.82. The Bertz CT molecular complexity index is 1700. The van der Waals surface area contributed by atoms with Crippen LogP contribution in [0.3, 0.4) is 0 Å². The van der Waals surface area contributed by atoms with Crippen LogP contribution in [-0.2, 0) is 27.8 Å². The number of aliphatic hydroxyl groups excluding tert-OH is 1. The van der Waals surface area contributed by atoms with E-state index in [1.54, 1.807) is 9.80 Å². The van der Waals surface area contributed by atoms with Crippen molar-refractivity contribution >= 4 is 28.2 Å². The molecule has 0 spiro atoms. The first-order valence-corrected chi connectivity index (χ1v) is 18.6. The highest BCUT2D eigenvalue weighted by molar-refractivity contribution is 7.89. The van der Waals surface area contributed by atoms with Crippen LogP contribution in [0.2, 0.25) is 0 Å². The van der Waals surface area contributed by atoms with Crippen molar-refractivity contribution in [1.29, 1.82) is 0 Å². The molecule has 1 fully saturated rings. The number of nitrogens with one attached hydrogen (secondary N) is 1. The molecule has 2 heterocycles. The predicted molar refractivity (Wildman–Crippen MR) is 192 cm³/mol. The van der Waals surface area contributed by atoms with E-state index < -0.39 is 34.1 Å². The number of hydrogen-bond donors (Lipinski definition) is 3. The van der Waals surface area contributed by atoms with Crippen LogP contribution >= 0.6 is 0 Å². The number of carbonyl (C=O) groups is 2. The van der Waals surface area contributed by atoms with Crippen LogP contribution in [0.1, 0.15) is 56.6 Å². The molecule has 4 rings (SSSR count). The van der Waals surface area contributed by atoms with Gasteiger partial charge in [0, 0.05) is 31.9 Å². The first kappa shape index (κ1) is 38.5. The summed E-state index contributed by atoms with van der Waals surface area (Å²) in [5, 5.41) is 26.7. The van der Waals surface area contributed by atoms with Crippen LogP contribution in [0.15, 0.2) is 82.8 Å². The van der Waals surface area contributed by atoms with E-state index in [2.05, 4.69) is 15.5 Å². The number of sulfonamides is 1. The maximum Gasteiger partial charge on any atom is 0.321 e. The number of aryl methyl sites for hydroxylation is 1. The van der Waals surface area contributed by atoms with Crippen molar-refractivity contribution in [2.45, 2.75) is 77.1 Å². The van der Waals surface area contributed by atoms with E-state index in [1.165, 1.54) is 34.8 Å². The lowest BCUT2D eigenvalue weighted by atomic mass is 9.95. The van der Waals surface area contributed by atoms with Gasteiger partial charge in [-0.15, -0.1) is 0 Å². The summed E-state index contributed by atoms with van der Waals surface area (Å²) in [5.41, 5.74) is 3.00. The normalized spacial score (nSPS) is 16.3. The SMILES string of the molecule is CC[C@H](C)[C@@H](C(=O)N[C@@H](Cc1ccccc1)[C@H](O)CN(CC(C)C)S(=O)(=O)c1ccc(C=NO)cc1)N1CCN(Cc2cccc(C)n2)C1=O. The molecule has 4 atom stereocenters. The molecular formula is C37H50N6O6S. The number of aromatic nitrogens is 1. The number of hydrogen-bond acceptors (Lipinski definition) is 8. The van der Waals surface area contributed by atoms with E-state index in [-0.39, 0.29) is 42.3 Å². The molecule has 3 amide bonds. The molecule has 1 saturated heterocycles. The smallest absolute Gasteiger partial charge is 0.321 e. The molecule has 12 nitrogen and oxygen atoms in total. The van der Waals surface area contributed by atoms with E-state index in [4.69, 9.17) is 5.21 Å². The van der Waals surface area contributed by atoms with Crippen molar-refractivity contribution in [3.8, 4) is 0 Å². The molecule has 3 N–H and O–H groups in total. The van der Waals surface area contributed by atoms with Gasteiger partial charge >= 0.3 is 6.03 Å². The molecule has 0 bridgehead atoms. The number of oxime groups is 1. The molecule has 13 heteroatoms. The molecule has 0 radical (unpaired) electrons. The van der Waals surface area contributed by atoms with Crippen molar-refractivity contribution in [3.63, 3.8) is 0 Å². The predicted octanol–water partition coefficient (Wildman–Crippen LogP) is 4.29. The molecule has 1 aliphatic heterocycles. The van der Waals surface area contributed by atoms with Crippen LogP contribution < -0.4 is 5.32 Å². The quantitative estimate of drug-likeness (QED) is 0.108. The second-order valence-corrected chi connectivity index (χ2v) is 15.3. The van der Waals surface area contributed by atoms with Gasteiger partial charge in [-0.05, 0) is 60.6 Å². The van der Waals surface area contributed by atoms with E-state index >= 15 is 0 Å². The number of benzene rings is 2. The second-order valence-electron chi connectivity index (χ2n) is 13.4. The van der Waals surface area contributed by atoms with Gasteiger partial charge in [0.1, 0.15) is 6.04 Å². The third kappa shape index (κ3) is 9.89. The van der Waals surface area contributed by atoms with Gasteiger partial charge in [-0.3, -0.25) is 9.78 Å². The number of aliphatic hydroxyl groups is 1. The van der Waals surface area contributed by atoms with Crippen molar-refractivity contribution in [2.24, 2.45) is 17.0 Å². The van der Waals surface area contributed by atoms with Crippen LogP contribution in [0.4, 0.5) is 4.79 Å². The summed E-state index contributed by atoms with van der Waals surface area (Å²) in [5.74, 6) is -0.654. The summed E-state index contributed by atoms with van der Waals surface area (Å²) in [6.07, 6.45) is 0.787. The van der Waals surface area contributed by atoms with Gasteiger partial charge in [0.15, 0.2) is 0 Å². The first-order chi connectivity index (χ1) is 23.8. The van der Waals surface area contributed by atoms with Crippen molar-refractivity contribution in [3.05, 3.63) is 95.3 Å². The van der Waals surface area contributed by atoms with Crippen LogP contribution in [0.25, 0.3) is 0 Å². The summed E-state index contributed by atoms with van der Waals surface area (Å²) < 4.78 is 29.0. The summed E-state index contributed by atoms with van der Waals surface area (Å²) >= 11 is 0. The summed E-state index contributed by atoms with van der Waals surface area (Å²) in [7, 11) is -4.06. The number of urea groups is 1. The Morgan fingerprint density at radius 3 is 2.34 bits per heavy atom. The van der Waals surface area contributed by atoms with Crippen LogP contribution in [0.5, 0.6) is 0 Å². The minimum atomic E-state index is -4.06. The molecule has 50 heavy (non-hydrogen) atoms. The van der Waals surface area contributed by atoms with Gasteiger partial charge < -0.3 is 25.4 Å². The van der Waals surface area contributed by atoms with Gasteiger partial charge in [0.25, 0.3) is 0 Å². The molecular weight excluding hydrogens is 657 g/mol. The zero-order valence-corrected chi connectivity index (χ0v) is 30.3. The van der Waals surface area contributed by atoms with E-state index in [9.17, 15) is 23.1 Å². The number of pyridine rings is 1. The summed E-state index contributed by atoms with van der Waals surface area (Å²) in [6.45, 7) is 10.6. The standard InChI is InChI=1S/C37H50N6O6S/c1-6-27(4)35(43-20-19-41(37(43)46)24-31-14-10-11-28(5)39-31)36(45)40-33(21-29-12-8-7-9-13-29)34(44)25-42(23-26(2)3)50(48,49)32-17-15-30(16-18-32)22-38-47/h7-18,22,26-27,33-35,44,47H,6,19-21,23-25H2,1-5H3,(H,40,45)/t27-,33-,34+,35-/m0/s1. The Hall–Kier alpha value is -4.33. The Morgan fingerprint density at radius 1 is 1.02 bits per heavy atom. The molecule has 1 aromatic heterocycles. The molecule has 0 aliphatic carbocycles. The highest BCUT2D eigenvalue weighted by Crippen LogP contribution is 2.24.